The van der Waals surface area contributed by atoms with Crippen molar-refractivity contribution in [1.29, 1.82) is 0 Å². The lowest BCUT2D eigenvalue weighted by atomic mass is 9.54. The van der Waals surface area contributed by atoms with Gasteiger partial charge in [0.2, 0.25) is 0 Å². The molecule has 22 heavy (non-hydrogen) atoms. The smallest absolute Gasteiger partial charge is 0.324 e. The molecule has 0 heterocycles. The highest BCUT2D eigenvalue weighted by Crippen LogP contribution is 2.55. The van der Waals surface area contributed by atoms with Crippen LogP contribution in [0.2, 0.25) is 0 Å². The Morgan fingerprint density at radius 2 is 1.73 bits per heavy atom. The second-order valence-corrected chi connectivity index (χ2v) is 6.78. The van der Waals surface area contributed by atoms with Crippen molar-refractivity contribution in [2.45, 2.75) is 46.6 Å². The van der Waals surface area contributed by atoms with Crippen LogP contribution in [0.5, 0.6) is 0 Å². The molecule has 1 aliphatic rings. The molecule has 1 atom stereocenters. The summed E-state index contributed by atoms with van der Waals surface area (Å²) < 4.78 is 10.7. The van der Waals surface area contributed by atoms with Gasteiger partial charge in [0.25, 0.3) is 0 Å². The van der Waals surface area contributed by atoms with Crippen LogP contribution in [0.1, 0.15) is 52.2 Å². The zero-order valence-electron chi connectivity index (χ0n) is 13.7. The largest absolute Gasteiger partial charge is 0.465 e. The standard InChI is InChI=1S/C18H24O4/c1-5-21-15(19)18(11-17(3,4)12-18)16(20)22-13(2)14-9-7-6-8-10-14/h6-10,13H,5,11-12H2,1-4H3/t13-/m1/s1. The zero-order chi connectivity index (χ0) is 16.4. The van der Waals surface area contributed by atoms with Gasteiger partial charge in [-0.1, -0.05) is 44.2 Å². The zero-order valence-corrected chi connectivity index (χ0v) is 13.7. The third kappa shape index (κ3) is 3.16. The maximum absolute atomic E-state index is 12.6. The van der Waals surface area contributed by atoms with Crippen LogP contribution in [0.4, 0.5) is 0 Å². The second-order valence-electron chi connectivity index (χ2n) is 6.78. The summed E-state index contributed by atoms with van der Waals surface area (Å²) in [5.41, 5.74) is -0.266. The molecule has 1 fully saturated rings. The number of benzene rings is 1. The number of rotatable bonds is 5. The lowest BCUT2D eigenvalue weighted by Crippen LogP contribution is -2.55. The van der Waals surface area contributed by atoms with Crippen molar-refractivity contribution in [1.82, 2.24) is 0 Å². The molecule has 0 unspecified atom stereocenters. The molecule has 120 valence electrons. The van der Waals surface area contributed by atoms with Gasteiger partial charge >= 0.3 is 11.9 Å². The van der Waals surface area contributed by atoms with Crippen LogP contribution < -0.4 is 0 Å². The number of hydrogen-bond donors (Lipinski definition) is 0. The quantitative estimate of drug-likeness (QED) is 0.615. The molecular formula is C18H24O4. The summed E-state index contributed by atoms with van der Waals surface area (Å²) in [6, 6.07) is 9.51. The minimum Gasteiger partial charge on any atom is -0.465 e. The van der Waals surface area contributed by atoms with Crippen molar-refractivity contribution in [3.63, 3.8) is 0 Å². The summed E-state index contributed by atoms with van der Waals surface area (Å²) in [6.07, 6.45) is 0.557. The molecule has 0 radical (unpaired) electrons. The number of esters is 2. The summed E-state index contributed by atoms with van der Waals surface area (Å²) in [7, 11) is 0. The highest BCUT2D eigenvalue weighted by Gasteiger charge is 2.61. The molecule has 4 heteroatoms. The lowest BCUT2D eigenvalue weighted by molar-refractivity contribution is -0.192. The molecule has 1 aromatic rings. The Hall–Kier alpha value is -1.84. The van der Waals surface area contributed by atoms with Crippen LogP contribution in [0.15, 0.2) is 30.3 Å². The van der Waals surface area contributed by atoms with E-state index in [1.807, 2.05) is 51.1 Å². The van der Waals surface area contributed by atoms with Gasteiger partial charge in [-0.15, -0.1) is 0 Å². The fraction of sp³-hybridized carbons (Fsp3) is 0.556. The van der Waals surface area contributed by atoms with Crippen LogP contribution in [0.3, 0.4) is 0 Å². The maximum Gasteiger partial charge on any atom is 0.324 e. The van der Waals surface area contributed by atoms with E-state index in [0.717, 1.165) is 5.56 Å². The van der Waals surface area contributed by atoms with Gasteiger partial charge in [-0.05, 0) is 37.7 Å². The van der Waals surface area contributed by atoms with Crippen LogP contribution in [0, 0.1) is 10.8 Å². The summed E-state index contributed by atoms with van der Waals surface area (Å²) in [6.45, 7) is 7.91. The number of ether oxygens (including phenoxy) is 2. The Bertz CT molecular complexity index is 539. The highest BCUT2D eigenvalue weighted by molar-refractivity contribution is 6.01. The van der Waals surface area contributed by atoms with Crippen molar-refractivity contribution < 1.29 is 19.1 Å². The van der Waals surface area contributed by atoms with Crippen molar-refractivity contribution in [3.05, 3.63) is 35.9 Å². The van der Waals surface area contributed by atoms with E-state index in [4.69, 9.17) is 9.47 Å². The topological polar surface area (TPSA) is 52.6 Å². The van der Waals surface area contributed by atoms with Crippen molar-refractivity contribution in [3.8, 4) is 0 Å². The first-order chi connectivity index (χ1) is 10.3. The molecule has 0 saturated heterocycles. The number of carbonyl (C=O) groups excluding carboxylic acids is 2. The van der Waals surface area contributed by atoms with Crippen molar-refractivity contribution in [2.75, 3.05) is 6.61 Å². The molecule has 0 aliphatic heterocycles. The summed E-state index contributed by atoms with van der Waals surface area (Å²) >= 11 is 0. The Balaban J connectivity index is 2.12. The summed E-state index contributed by atoms with van der Waals surface area (Å²) in [4.78, 5) is 24.9. The average molecular weight is 304 g/mol. The molecule has 2 rings (SSSR count). The minimum absolute atomic E-state index is 0.0399. The van der Waals surface area contributed by atoms with Gasteiger partial charge in [-0.25, -0.2) is 0 Å². The van der Waals surface area contributed by atoms with Crippen LogP contribution in [-0.4, -0.2) is 18.5 Å². The van der Waals surface area contributed by atoms with E-state index in [1.54, 1.807) is 6.92 Å². The van der Waals surface area contributed by atoms with Crippen LogP contribution >= 0.6 is 0 Å². The van der Waals surface area contributed by atoms with E-state index in [0.29, 0.717) is 12.8 Å². The van der Waals surface area contributed by atoms with Gasteiger partial charge in [-0.3, -0.25) is 9.59 Å². The normalized spacial score (nSPS) is 19.6. The molecule has 4 nitrogen and oxygen atoms in total. The molecule has 0 aromatic heterocycles. The Morgan fingerprint density at radius 3 is 2.23 bits per heavy atom. The predicted octanol–water partition coefficient (Wildman–Crippen LogP) is 3.66. The van der Waals surface area contributed by atoms with Crippen LogP contribution in [-0.2, 0) is 19.1 Å². The third-order valence-corrected chi connectivity index (χ3v) is 4.17. The first kappa shape index (κ1) is 16.5. The second kappa shape index (κ2) is 6.11. The monoisotopic (exact) mass is 304 g/mol. The Morgan fingerprint density at radius 1 is 1.14 bits per heavy atom. The van der Waals surface area contributed by atoms with Crippen LogP contribution in [0.25, 0.3) is 0 Å². The van der Waals surface area contributed by atoms with Crippen molar-refractivity contribution in [2.24, 2.45) is 10.8 Å². The van der Waals surface area contributed by atoms with E-state index >= 15 is 0 Å². The molecule has 0 N–H and O–H groups in total. The predicted molar refractivity (Wildman–Crippen MR) is 83.0 cm³/mol. The van der Waals surface area contributed by atoms with Gasteiger partial charge in [0.05, 0.1) is 6.61 Å². The summed E-state index contributed by atoms with van der Waals surface area (Å²) in [5, 5.41) is 0. The first-order valence-corrected chi connectivity index (χ1v) is 7.74. The maximum atomic E-state index is 12.6. The van der Waals surface area contributed by atoms with Gasteiger partial charge in [-0.2, -0.15) is 0 Å². The van der Waals surface area contributed by atoms with Gasteiger partial charge in [0.1, 0.15) is 6.10 Å². The van der Waals surface area contributed by atoms with E-state index in [9.17, 15) is 9.59 Å². The molecule has 0 spiro atoms. The fourth-order valence-electron chi connectivity index (χ4n) is 3.29. The fourth-order valence-corrected chi connectivity index (χ4v) is 3.29. The highest BCUT2D eigenvalue weighted by atomic mass is 16.6. The van der Waals surface area contributed by atoms with E-state index in [-0.39, 0.29) is 18.1 Å². The molecule has 0 bridgehead atoms. The summed E-state index contributed by atoms with van der Waals surface area (Å²) in [5.74, 6) is -0.929. The van der Waals surface area contributed by atoms with Gasteiger partial charge < -0.3 is 9.47 Å². The van der Waals surface area contributed by atoms with Gasteiger partial charge in [0, 0.05) is 0 Å². The third-order valence-electron chi connectivity index (χ3n) is 4.17. The number of carbonyl (C=O) groups is 2. The average Bonchev–Trinajstić information content (AvgIpc) is 2.45. The lowest BCUT2D eigenvalue weighted by Gasteiger charge is -2.49. The van der Waals surface area contributed by atoms with E-state index < -0.39 is 17.4 Å². The Kier molecular flexibility index (Phi) is 4.59. The SMILES string of the molecule is CCOC(=O)C1(C(=O)O[C@H](C)c2ccccc2)CC(C)(C)C1. The molecule has 0 amide bonds. The minimum atomic E-state index is -1.14. The van der Waals surface area contributed by atoms with Crippen molar-refractivity contribution >= 4 is 11.9 Å². The molecule has 1 aliphatic carbocycles. The Labute approximate surface area is 131 Å². The van der Waals surface area contributed by atoms with E-state index in [2.05, 4.69) is 0 Å². The molecular weight excluding hydrogens is 280 g/mol. The number of hydrogen-bond acceptors (Lipinski definition) is 4. The van der Waals surface area contributed by atoms with E-state index in [1.165, 1.54) is 0 Å². The van der Waals surface area contributed by atoms with Gasteiger partial charge in [0.15, 0.2) is 5.41 Å². The first-order valence-electron chi connectivity index (χ1n) is 7.74. The molecule has 1 saturated carbocycles. The molecule has 1 aromatic carbocycles.